The van der Waals surface area contributed by atoms with E-state index in [4.69, 9.17) is 4.74 Å². The fourth-order valence-corrected chi connectivity index (χ4v) is 2.35. The highest BCUT2D eigenvalue weighted by atomic mass is 19.4. The quantitative estimate of drug-likeness (QED) is 0.175. The van der Waals surface area contributed by atoms with Gasteiger partial charge in [-0.05, 0) is 17.3 Å². The Morgan fingerprint density at radius 3 is 1.77 bits per heavy atom. The van der Waals surface area contributed by atoms with Gasteiger partial charge in [0.05, 0.1) is 5.92 Å². The Bertz CT molecular complexity index is 628. The summed E-state index contributed by atoms with van der Waals surface area (Å²) in [6.45, 7) is 8.66. The first-order valence-corrected chi connectivity index (χ1v) is 9.81. The van der Waals surface area contributed by atoms with Crippen LogP contribution in [-0.2, 0) is 28.6 Å². The van der Waals surface area contributed by atoms with E-state index in [0.717, 1.165) is 6.42 Å². The second kappa shape index (κ2) is 11.1. The lowest BCUT2D eigenvalue weighted by atomic mass is 9.68. The maximum atomic E-state index is 12.7. The predicted octanol–water partition coefficient (Wildman–Crippen LogP) is 5.04. The molecule has 0 radical (unpaired) electrons. The van der Waals surface area contributed by atoms with E-state index in [0.29, 0.717) is 12.8 Å². The summed E-state index contributed by atoms with van der Waals surface area (Å²) in [5.41, 5.74) is -0.546. The summed E-state index contributed by atoms with van der Waals surface area (Å²) in [6, 6.07) is 0. The lowest BCUT2D eigenvalue weighted by Crippen LogP contribution is -2.41. The second-order valence-electron chi connectivity index (χ2n) is 8.75. The lowest BCUT2D eigenvalue weighted by Gasteiger charge is -2.36. The number of esters is 3. The van der Waals surface area contributed by atoms with Crippen molar-refractivity contribution in [1.29, 1.82) is 0 Å². The molecule has 0 N–H and O–H groups in total. The zero-order chi connectivity index (χ0) is 24.7. The zero-order valence-electron chi connectivity index (χ0n) is 18.7. The number of hydrogen-bond acceptors (Lipinski definition) is 6. The molecule has 0 aliphatic rings. The van der Waals surface area contributed by atoms with E-state index >= 15 is 0 Å². The molecular weight excluding hydrogens is 431 g/mol. The Morgan fingerprint density at radius 1 is 0.806 bits per heavy atom. The van der Waals surface area contributed by atoms with Gasteiger partial charge in [0.25, 0.3) is 0 Å². The highest BCUT2D eigenvalue weighted by Gasteiger charge is 2.58. The SMILES string of the molecule is CCC(C)(C)CC(C(=O)OCOC(=O)CC(=O)OCC(F)(F)C(F)(F)F)C(C)(C)CC. The van der Waals surface area contributed by atoms with Crippen molar-refractivity contribution in [2.24, 2.45) is 16.7 Å². The van der Waals surface area contributed by atoms with Crippen molar-refractivity contribution in [3.8, 4) is 0 Å². The summed E-state index contributed by atoms with van der Waals surface area (Å²) in [4.78, 5) is 35.3. The van der Waals surface area contributed by atoms with Crippen LogP contribution in [0.2, 0.25) is 0 Å². The molecule has 182 valence electrons. The van der Waals surface area contributed by atoms with Gasteiger partial charge in [0.15, 0.2) is 6.61 Å². The van der Waals surface area contributed by atoms with Crippen LogP contribution in [0.3, 0.4) is 0 Å². The Labute approximate surface area is 178 Å². The van der Waals surface area contributed by atoms with E-state index in [1.54, 1.807) is 0 Å². The molecule has 0 aliphatic carbocycles. The van der Waals surface area contributed by atoms with Gasteiger partial charge in [0.2, 0.25) is 6.79 Å². The maximum Gasteiger partial charge on any atom is 0.456 e. The average molecular weight is 462 g/mol. The molecule has 31 heavy (non-hydrogen) atoms. The van der Waals surface area contributed by atoms with Gasteiger partial charge in [-0.2, -0.15) is 22.0 Å². The second-order valence-corrected chi connectivity index (χ2v) is 8.75. The van der Waals surface area contributed by atoms with Crippen molar-refractivity contribution < 1.29 is 50.5 Å². The van der Waals surface area contributed by atoms with Crippen molar-refractivity contribution in [3.05, 3.63) is 0 Å². The molecule has 0 bridgehead atoms. The predicted molar refractivity (Wildman–Crippen MR) is 99.9 cm³/mol. The third kappa shape index (κ3) is 9.82. The summed E-state index contributed by atoms with van der Waals surface area (Å²) < 4.78 is 74.7. The average Bonchev–Trinajstić information content (AvgIpc) is 2.63. The molecule has 1 atom stereocenters. The minimum Gasteiger partial charge on any atom is -0.458 e. The zero-order valence-corrected chi connectivity index (χ0v) is 18.7. The molecule has 0 spiro atoms. The van der Waals surface area contributed by atoms with Gasteiger partial charge in [-0.25, -0.2) is 0 Å². The number of rotatable bonds is 12. The summed E-state index contributed by atoms with van der Waals surface area (Å²) >= 11 is 0. The number of halogens is 5. The Kier molecular flexibility index (Phi) is 10.4. The van der Waals surface area contributed by atoms with Gasteiger partial charge in [-0.1, -0.05) is 54.4 Å². The standard InChI is InChI=1S/C20H31F5O6/c1-7-17(3,4)10-13(18(5,6)8-2)16(28)31-12-30-15(27)9-14(26)29-11-19(21,22)20(23,24)25/h13H,7-12H2,1-6H3. The van der Waals surface area contributed by atoms with E-state index in [9.17, 15) is 36.3 Å². The number of ether oxygens (including phenoxy) is 3. The van der Waals surface area contributed by atoms with Crippen molar-refractivity contribution in [2.45, 2.75) is 79.3 Å². The van der Waals surface area contributed by atoms with Gasteiger partial charge in [-0.3, -0.25) is 14.4 Å². The molecule has 1 unspecified atom stereocenters. The van der Waals surface area contributed by atoms with Gasteiger partial charge < -0.3 is 14.2 Å². The normalized spacial score (nSPS) is 14.0. The van der Waals surface area contributed by atoms with Crippen LogP contribution < -0.4 is 0 Å². The van der Waals surface area contributed by atoms with Crippen LogP contribution in [0.4, 0.5) is 22.0 Å². The number of carbonyl (C=O) groups excluding carboxylic acids is 3. The van der Waals surface area contributed by atoms with Gasteiger partial charge >= 0.3 is 30.0 Å². The number of alkyl halides is 5. The summed E-state index contributed by atoms with van der Waals surface area (Å²) in [5.74, 6) is -9.27. The highest BCUT2D eigenvalue weighted by molar-refractivity contribution is 5.91. The van der Waals surface area contributed by atoms with Crippen LogP contribution in [0.5, 0.6) is 0 Å². The van der Waals surface area contributed by atoms with Crippen molar-refractivity contribution >= 4 is 17.9 Å². The van der Waals surface area contributed by atoms with Crippen LogP contribution in [0, 0.1) is 16.7 Å². The van der Waals surface area contributed by atoms with E-state index in [2.05, 4.69) is 9.47 Å². The Balaban J connectivity index is 4.68. The minimum absolute atomic E-state index is 0.144. The molecule has 0 fully saturated rings. The first kappa shape index (κ1) is 29.1. The van der Waals surface area contributed by atoms with E-state index in [1.807, 2.05) is 41.5 Å². The maximum absolute atomic E-state index is 12.7. The first-order chi connectivity index (χ1) is 13.9. The third-order valence-corrected chi connectivity index (χ3v) is 5.39. The van der Waals surface area contributed by atoms with Crippen LogP contribution in [-0.4, -0.2) is 43.4 Å². The summed E-state index contributed by atoms with van der Waals surface area (Å²) in [7, 11) is 0. The molecule has 0 aromatic carbocycles. The van der Waals surface area contributed by atoms with Crippen molar-refractivity contribution in [1.82, 2.24) is 0 Å². The third-order valence-electron chi connectivity index (χ3n) is 5.39. The molecule has 0 aromatic rings. The van der Waals surface area contributed by atoms with Gasteiger partial charge in [0, 0.05) is 0 Å². The topological polar surface area (TPSA) is 78.9 Å². The number of carbonyl (C=O) groups is 3. The first-order valence-electron chi connectivity index (χ1n) is 9.81. The molecule has 0 saturated carbocycles. The Morgan fingerprint density at radius 2 is 1.32 bits per heavy atom. The summed E-state index contributed by atoms with van der Waals surface area (Å²) in [5, 5.41) is 0. The van der Waals surface area contributed by atoms with E-state index in [-0.39, 0.29) is 5.41 Å². The molecular formula is C20H31F5O6. The minimum atomic E-state index is -5.89. The van der Waals surface area contributed by atoms with Crippen LogP contribution in [0.1, 0.15) is 67.2 Å². The molecule has 0 rings (SSSR count). The van der Waals surface area contributed by atoms with Gasteiger partial charge in [0.1, 0.15) is 6.42 Å². The number of hydrogen-bond donors (Lipinski definition) is 0. The fraction of sp³-hybridized carbons (Fsp3) is 0.850. The molecule has 0 amide bonds. The summed E-state index contributed by atoms with van der Waals surface area (Å²) in [6.07, 6.45) is -5.08. The fourth-order valence-electron chi connectivity index (χ4n) is 2.35. The van der Waals surface area contributed by atoms with Gasteiger partial charge in [-0.15, -0.1) is 0 Å². The smallest absolute Gasteiger partial charge is 0.456 e. The molecule has 0 heterocycles. The van der Waals surface area contributed by atoms with E-state index in [1.165, 1.54) is 0 Å². The van der Waals surface area contributed by atoms with Crippen LogP contribution >= 0.6 is 0 Å². The molecule has 0 saturated heterocycles. The molecule has 6 nitrogen and oxygen atoms in total. The highest BCUT2D eigenvalue weighted by Crippen LogP contribution is 2.41. The lowest BCUT2D eigenvalue weighted by molar-refractivity contribution is -0.294. The monoisotopic (exact) mass is 462 g/mol. The molecule has 0 aromatic heterocycles. The molecule has 0 aliphatic heterocycles. The molecule has 11 heteroatoms. The Hall–Kier alpha value is -1.94. The van der Waals surface area contributed by atoms with Crippen molar-refractivity contribution in [2.75, 3.05) is 13.4 Å². The van der Waals surface area contributed by atoms with E-state index < -0.39 is 61.2 Å². The van der Waals surface area contributed by atoms with Crippen LogP contribution in [0.25, 0.3) is 0 Å². The largest absolute Gasteiger partial charge is 0.458 e. The van der Waals surface area contributed by atoms with Crippen molar-refractivity contribution in [3.63, 3.8) is 0 Å². The van der Waals surface area contributed by atoms with Crippen LogP contribution in [0.15, 0.2) is 0 Å².